The zero-order valence-corrected chi connectivity index (χ0v) is 11.2. The van der Waals surface area contributed by atoms with Gasteiger partial charge in [0, 0.05) is 6.54 Å². The summed E-state index contributed by atoms with van der Waals surface area (Å²) in [4.78, 5) is 15.5. The molecule has 106 valence electrons. The minimum absolute atomic E-state index is 0.0814. The highest BCUT2D eigenvalue weighted by molar-refractivity contribution is 7.89. The topological polar surface area (TPSA) is 137 Å². The molecule has 1 heterocycles. The third-order valence-electron chi connectivity index (χ3n) is 2.12. The van der Waals surface area contributed by atoms with Crippen molar-refractivity contribution in [3.8, 4) is 0 Å². The molecule has 0 radical (unpaired) electrons. The average molecular weight is 288 g/mol. The molecule has 0 amide bonds. The Hall–Kier alpha value is -1.87. The first-order valence-corrected chi connectivity index (χ1v) is 7.22. The number of ether oxygens (including phenoxy) is 1. The molecule has 0 fully saturated rings. The molecule has 9 heteroatoms. The summed E-state index contributed by atoms with van der Waals surface area (Å²) in [6.07, 6.45) is 1.30. The summed E-state index contributed by atoms with van der Waals surface area (Å²) >= 11 is 0. The molecule has 19 heavy (non-hydrogen) atoms. The van der Waals surface area contributed by atoms with Crippen LogP contribution in [0, 0.1) is 0 Å². The SMILES string of the molecule is CCOC(=O)c1cc(NCCS(N)(=O)=O)ncc1N. The molecule has 0 saturated carbocycles. The lowest BCUT2D eigenvalue weighted by atomic mass is 10.2. The number of hydrogen-bond donors (Lipinski definition) is 3. The van der Waals surface area contributed by atoms with Crippen molar-refractivity contribution in [2.45, 2.75) is 6.92 Å². The number of nitrogens with zero attached hydrogens (tertiary/aromatic N) is 1. The van der Waals surface area contributed by atoms with E-state index in [0.717, 1.165) is 0 Å². The van der Waals surface area contributed by atoms with Crippen LogP contribution in [0.2, 0.25) is 0 Å². The van der Waals surface area contributed by atoms with Gasteiger partial charge in [-0.15, -0.1) is 0 Å². The van der Waals surface area contributed by atoms with E-state index in [0.29, 0.717) is 5.82 Å². The predicted molar refractivity (Wildman–Crippen MR) is 71.1 cm³/mol. The van der Waals surface area contributed by atoms with Crippen molar-refractivity contribution in [3.05, 3.63) is 17.8 Å². The van der Waals surface area contributed by atoms with E-state index in [4.69, 9.17) is 15.6 Å². The first-order valence-electron chi connectivity index (χ1n) is 5.50. The van der Waals surface area contributed by atoms with Crippen LogP contribution >= 0.6 is 0 Å². The predicted octanol–water partition coefficient (Wildman–Crippen LogP) is -0.459. The van der Waals surface area contributed by atoms with Gasteiger partial charge in [-0.1, -0.05) is 0 Å². The zero-order chi connectivity index (χ0) is 14.5. The molecule has 1 aromatic heterocycles. The number of carbonyl (C=O) groups excluding carboxylic acids is 1. The van der Waals surface area contributed by atoms with E-state index < -0.39 is 16.0 Å². The lowest BCUT2D eigenvalue weighted by Gasteiger charge is -2.08. The highest BCUT2D eigenvalue weighted by Gasteiger charge is 2.12. The van der Waals surface area contributed by atoms with E-state index in [-0.39, 0.29) is 30.2 Å². The van der Waals surface area contributed by atoms with Crippen molar-refractivity contribution >= 4 is 27.5 Å². The van der Waals surface area contributed by atoms with E-state index in [2.05, 4.69) is 10.3 Å². The molecule has 8 nitrogen and oxygen atoms in total. The molecule has 0 bridgehead atoms. The standard InChI is InChI=1S/C10H16N4O4S/c1-2-18-10(15)7-5-9(14-6-8(7)11)13-3-4-19(12,16)17/h5-6H,2-4,11H2,1H3,(H,13,14)(H2,12,16,17). The van der Waals surface area contributed by atoms with Gasteiger partial charge in [0.25, 0.3) is 0 Å². The van der Waals surface area contributed by atoms with Crippen LogP contribution in [0.1, 0.15) is 17.3 Å². The number of pyridine rings is 1. The van der Waals surface area contributed by atoms with Gasteiger partial charge >= 0.3 is 5.97 Å². The smallest absolute Gasteiger partial charge is 0.340 e. The summed E-state index contributed by atoms with van der Waals surface area (Å²) in [5.74, 6) is -0.480. The summed E-state index contributed by atoms with van der Waals surface area (Å²) < 4.78 is 26.4. The quantitative estimate of drug-likeness (QED) is 0.602. The number of esters is 1. The molecule has 5 N–H and O–H groups in total. The second kappa shape index (κ2) is 6.34. The van der Waals surface area contributed by atoms with Gasteiger partial charge in [-0.05, 0) is 13.0 Å². The minimum Gasteiger partial charge on any atom is -0.462 e. The molecule has 0 aromatic carbocycles. The van der Waals surface area contributed by atoms with Crippen LogP contribution in [-0.4, -0.2) is 38.3 Å². The van der Waals surface area contributed by atoms with Gasteiger partial charge in [-0.2, -0.15) is 0 Å². The average Bonchev–Trinajstić information content (AvgIpc) is 2.30. The lowest BCUT2D eigenvalue weighted by molar-refractivity contribution is 0.0527. The number of anilines is 2. The van der Waals surface area contributed by atoms with Gasteiger partial charge in [0.1, 0.15) is 5.82 Å². The summed E-state index contributed by atoms with van der Waals surface area (Å²) in [6, 6.07) is 1.40. The van der Waals surface area contributed by atoms with Crippen LogP contribution in [0.5, 0.6) is 0 Å². The van der Waals surface area contributed by atoms with Crippen LogP contribution in [0.3, 0.4) is 0 Å². The Morgan fingerprint density at radius 1 is 1.53 bits per heavy atom. The fourth-order valence-electron chi connectivity index (χ4n) is 1.27. The fourth-order valence-corrected chi connectivity index (χ4v) is 1.66. The van der Waals surface area contributed by atoms with Crippen molar-refractivity contribution in [1.29, 1.82) is 0 Å². The van der Waals surface area contributed by atoms with Crippen LogP contribution in [0.15, 0.2) is 12.3 Å². The number of sulfonamides is 1. The molecule has 0 spiro atoms. The number of hydrogen-bond acceptors (Lipinski definition) is 7. The van der Waals surface area contributed by atoms with E-state index in [1.54, 1.807) is 6.92 Å². The largest absolute Gasteiger partial charge is 0.462 e. The third kappa shape index (κ3) is 5.10. The first-order chi connectivity index (χ1) is 8.83. The number of nitrogens with two attached hydrogens (primary N) is 2. The molecule has 0 atom stereocenters. The molecular formula is C10H16N4O4S. The maximum absolute atomic E-state index is 11.6. The zero-order valence-electron chi connectivity index (χ0n) is 10.4. The molecule has 0 aliphatic carbocycles. The Morgan fingerprint density at radius 2 is 2.21 bits per heavy atom. The Kier molecular flexibility index (Phi) is 5.07. The number of rotatable bonds is 6. The molecule has 1 rings (SSSR count). The number of aromatic nitrogens is 1. The van der Waals surface area contributed by atoms with Crippen LogP contribution in [-0.2, 0) is 14.8 Å². The Bertz CT molecular complexity index is 559. The summed E-state index contributed by atoms with van der Waals surface area (Å²) in [7, 11) is -3.54. The highest BCUT2D eigenvalue weighted by Crippen LogP contribution is 2.15. The normalized spacial score (nSPS) is 11.1. The van der Waals surface area contributed by atoms with Crippen molar-refractivity contribution in [2.24, 2.45) is 5.14 Å². The minimum atomic E-state index is -3.54. The third-order valence-corrected chi connectivity index (χ3v) is 2.90. The van der Waals surface area contributed by atoms with Crippen molar-refractivity contribution in [2.75, 3.05) is 30.0 Å². The van der Waals surface area contributed by atoms with E-state index in [9.17, 15) is 13.2 Å². The van der Waals surface area contributed by atoms with Gasteiger partial charge < -0.3 is 15.8 Å². The van der Waals surface area contributed by atoms with E-state index in [1.165, 1.54) is 12.3 Å². The van der Waals surface area contributed by atoms with E-state index in [1.807, 2.05) is 0 Å². The summed E-state index contributed by atoms with van der Waals surface area (Å²) in [5, 5.41) is 7.59. The summed E-state index contributed by atoms with van der Waals surface area (Å²) in [6.45, 7) is 1.99. The molecular weight excluding hydrogens is 272 g/mol. The Labute approximate surface area is 111 Å². The number of primary sulfonamides is 1. The number of carbonyl (C=O) groups is 1. The van der Waals surface area contributed by atoms with Gasteiger partial charge in [-0.3, -0.25) is 0 Å². The lowest BCUT2D eigenvalue weighted by Crippen LogP contribution is -2.22. The maximum atomic E-state index is 11.6. The van der Waals surface area contributed by atoms with Crippen molar-refractivity contribution in [3.63, 3.8) is 0 Å². The van der Waals surface area contributed by atoms with Crippen molar-refractivity contribution < 1.29 is 17.9 Å². The maximum Gasteiger partial charge on any atom is 0.340 e. The second-order valence-corrected chi connectivity index (χ2v) is 5.40. The van der Waals surface area contributed by atoms with E-state index >= 15 is 0 Å². The molecule has 0 aliphatic heterocycles. The summed E-state index contributed by atoms with van der Waals surface area (Å²) in [5.41, 5.74) is 5.98. The highest BCUT2D eigenvalue weighted by atomic mass is 32.2. The van der Waals surface area contributed by atoms with Gasteiger partial charge in [0.2, 0.25) is 10.0 Å². The van der Waals surface area contributed by atoms with Crippen molar-refractivity contribution in [1.82, 2.24) is 4.98 Å². The van der Waals surface area contributed by atoms with Crippen LogP contribution < -0.4 is 16.2 Å². The van der Waals surface area contributed by atoms with Gasteiger partial charge in [-0.25, -0.2) is 23.3 Å². The second-order valence-electron chi connectivity index (χ2n) is 3.67. The van der Waals surface area contributed by atoms with Crippen LogP contribution in [0.4, 0.5) is 11.5 Å². The molecule has 0 aliphatic rings. The van der Waals surface area contributed by atoms with Gasteiger partial charge in [0.05, 0.1) is 29.8 Å². The van der Waals surface area contributed by atoms with Crippen LogP contribution in [0.25, 0.3) is 0 Å². The Balaban J connectivity index is 2.76. The van der Waals surface area contributed by atoms with Gasteiger partial charge in [0.15, 0.2) is 0 Å². The molecule has 0 unspecified atom stereocenters. The molecule has 1 aromatic rings. The first kappa shape index (κ1) is 15.2. The number of nitrogens with one attached hydrogen (secondary N) is 1. The monoisotopic (exact) mass is 288 g/mol. The Morgan fingerprint density at radius 3 is 2.79 bits per heavy atom. The fraction of sp³-hybridized carbons (Fsp3) is 0.400. The number of nitrogen functional groups attached to an aromatic ring is 1. The molecule has 0 saturated heterocycles.